The minimum Gasteiger partial charge on any atom is -0.387 e. The molecule has 3 rings (SSSR count). The van der Waals surface area contributed by atoms with Crippen molar-refractivity contribution in [2.24, 2.45) is 0 Å². The van der Waals surface area contributed by atoms with Gasteiger partial charge in [-0.1, -0.05) is 11.6 Å². The van der Waals surface area contributed by atoms with E-state index in [1.165, 1.54) is 12.1 Å². The number of nitrogens with zero attached hydrogens (tertiary/aromatic N) is 2. The maximum atomic E-state index is 13.0. The van der Waals surface area contributed by atoms with Crippen LogP contribution in [0.5, 0.6) is 0 Å². The quantitative estimate of drug-likeness (QED) is 0.778. The number of rotatable bonds is 2. The number of aliphatic hydroxyl groups excluding tert-OH is 1. The Hall–Kier alpha value is -1.91. The Labute approximate surface area is 120 Å². The van der Waals surface area contributed by atoms with Gasteiger partial charge in [-0.3, -0.25) is 4.40 Å². The molecule has 5 heteroatoms. The van der Waals surface area contributed by atoms with Crippen LogP contribution >= 0.6 is 11.6 Å². The molecule has 0 saturated heterocycles. The molecule has 0 amide bonds. The highest BCUT2D eigenvalue weighted by Crippen LogP contribution is 2.29. The van der Waals surface area contributed by atoms with Crippen LogP contribution in [0.3, 0.4) is 0 Å². The fourth-order valence-corrected chi connectivity index (χ4v) is 2.42. The molecule has 2 heterocycles. The second kappa shape index (κ2) is 4.89. The van der Waals surface area contributed by atoms with Crippen molar-refractivity contribution in [3.05, 3.63) is 59.1 Å². The SMILES string of the molecule is CC(O)c1c(-c2ccc(F)cc2)nc2ccc(Cl)cn12. The zero-order valence-corrected chi connectivity index (χ0v) is 11.5. The molecule has 20 heavy (non-hydrogen) atoms. The van der Waals surface area contributed by atoms with Crippen LogP contribution in [0.2, 0.25) is 5.02 Å². The summed E-state index contributed by atoms with van der Waals surface area (Å²) in [4.78, 5) is 4.50. The van der Waals surface area contributed by atoms with Gasteiger partial charge in [0.2, 0.25) is 0 Å². The Bertz CT molecular complexity index is 765. The van der Waals surface area contributed by atoms with Crippen molar-refractivity contribution in [1.29, 1.82) is 0 Å². The molecule has 3 aromatic rings. The van der Waals surface area contributed by atoms with Crippen molar-refractivity contribution >= 4 is 17.2 Å². The average Bonchev–Trinajstić information content (AvgIpc) is 2.78. The molecule has 0 bridgehead atoms. The summed E-state index contributed by atoms with van der Waals surface area (Å²) in [7, 11) is 0. The van der Waals surface area contributed by atoms with Gasteiger partial charge in [0.05, 0.1) is 22.5 Å². The van der Waals surface area contributed by atoms with E-state index in [4.69, 9.17) is 11.6 Å². The number of imidazole rings is 1. The van der Waals surface area contributed by atoms with Gasteiger partial charge in [0.1, 0.15) is 11.5 Å². The van der Waals surface area contributed by atoms with Crippen LogP contribution in [0.15, 0.2) is 42.6 Å². The van der Waals surface area contributed by atoms with Gasteiger partial charge in [0.25, 0.3) is 0 Å². The zero-order valence-electron chi connectivity index (χ0n) is 10.7. The van der Waals surface area contributed by atoms with Crippen molar-refractivity contribution in [3.8, 4) is 11.3 Å². The van der Waals surface area contributed by atoms with Crippen molar-refractivity contribution in [2.75, 3.05) is 0 Å². The summed E-state index contributed by atoms with van der Waals surface area (Å²) in [5.74, 6) is -0.306. The Kier molecular flexibility index (Phi) is 3.20. The Morgan fingerprint density at radius 3 is 2.55 bits per heavy atom. The predicted octanol–water partition coefficient (Wildman–Crippen LogP) is 3.85. The summed E-state index contributed by atoms with van der Waals surface area (Å²) in [5.41, 5.74) is 2.70. The lowest BCUT2D eigenvalue weighted by atomic mass is 10.1. The molecule has 0 spiro atoms. The summed E-state index contributed by atoms with van der Waals surface area (Å²) >= 11 is 5.99. The fourth-order valence-electron chi connectivity index (χ4n) is 2.26. The number of fused-ring (bicyclic) bond motifs is 1. The summed E-state index contributed by atoms with van der Waals surface area (Å²) in [5, 5.41) is 10.6. The second-order valence-corrected chi connectivity index (χ2v) is 5.04. The van der Waals surface area contributed by atoms with E-state index >= 15 is 0 Å². The highest BCUT2D eigenvalue weighted by Gasteiger charge is 2.18. The predicted molar refractivity (Wildman–Crippen MR) is 76.2 cm³/mol. The molecule has 0 radical (unpaired) electrons. The highest BCUT2D eigenvalue weighted by atomic mass is 35.5. The van der Waals surface area contributed by atoms with Crippen LogP contribution in [0.25, 0.3) is 16.9 Å². The highest BCUT2D eigenvalue weighted by molar-refractivity contribution is 6.30. The third-order valence-electron chi connectivity index (χ3n) is 3.13. The van der Waals surface area contributed by atoms with Crippen LogP contribution in [0.4, 0.5) is 4.39 Å². The maximum absolute atomic E-state index is 13.0. The lowest BCUT2D eigenvalue weighted by Crippen LogP contribution is -1.99. The first-order valence-electron chi connectivity index (χ1n) is 6.18. The first kappa shape index (κ1) is 13.1. The van der Waals surface area contributed by atoms with Gasteiger partial charge in [0.15, 0.2) is 0 Å². The third kappa shape index (κ3) is 2.17. The Balaban J connectivity index is 2.29. The number of halogens is 2. The largest absolute Gasteiger partial charge is 0.387 e. The van der Waals surface area contributed by atoms with Gasteiger partial charge in [-0.05, 0) is 43.3 Å². The first-order valence-corrected chi connectivity index (χ1v) is 6.55. The number of hydrogen-bond donors (Lipinski definition) is 1. The minimum atomic E-state index is -0.719. The van der Waals surface area contributed by atoms with E-state index in [0.29, 0.717) is 22.1 Å². The van der Waals surface area contributed by atoms with Crippen LogP contribution in [-0.2, 0) is 0 Å². The Morgan fingerprint density at radius 1 is 1.20 bits per heavy atom. The van der Waals surface area contributed by atoms with E-state index in [2.05, 4.69) is 4.98 Å². The molecule has 0 aliphatic heterocycles. The fraction of sp³-hybridized carbons (Fsp3) is 0.133. The van der Waals surface area contributed by atoms with E-state index in [-0.39, 0.29) is 5.82 Å². The van der Waals surface area contributed by atoms with Crippen LogP contribution in [-0.4, -0.2) is 14.5 Å². The van der Waals surface area contributed by atoms with E-state index in [0.717, 1.165) is 5.56 Å². The summed E-state index contributed by atoms with van der Waals surface area (Å²) in [6.07, 6.45) is 0.988. The molecule has 0 fully saturated rings. The summed E-state index contributed by atoms with van der Waals surface area (Å²) in [6.45, 7) is 1.66. The number of aromatic nitrogens is 2. The van der Waals surface area contributed by atoms with Gasteiger partial charge in [-0.15, -0.1) is 0 Å². The normalized spacial score (nSPS) is 12.8. The van der Waals surface area contributed by atoms with Crippen LogP contribution < -0.4 is 0 Å². The maximum Gasteiger partial charge on any atom is 0.137 e. The molecule has 1 N–H and O–H groups in total. The van der Waals surface area contributed by atoms with Crippen molar-refractivity contribution in [1.82, 2.24) is 9.38 Å². The number of aliphatic hydroxyl groups is 1. The van der Waals surface area contributed by atoms with E-state index in [1.807, 2.05) is 0 Å². The molecule has 1 aromatic carbocycles. The van der Waals surface area contributed by atoms with Crippen molar-refractivity contribution in [3.63, 3.8) is 0 Å². The lowest BCUT2D eigenvalue weighted by Gasteiger charge is -2.08. The molecule has 0 aliphatic rings. The molecule has 2 aromatic heterocycles. The molecule has 0 saturated carbocycles. The molecule has 1 atom stereocenters. The summed E-state index contributed by atoms with van der Waals surface area (Å²) < 4.78 is 14.8. The third-order valence-corrected chi connectivity index (χ3v) is 3.36. The average molecular weight is 291 g/mol. The van der Waals surface area contributed by atoms with Crippen LogP contribution in [0, 0.1) is 5.82 Å². The standard InChI is InChI=1S/C15H12ClFN2O/c1-9(20)15-14(10-2-5-12(17)6-3-10)18-13-7-4-11(16)8-19(13)15/h2-9,20H,1H3. The number of hydrogen-bond acceptors (Lipinski definition) is 2. The van der Waals surface area contributed by atoms with Crippen molar-refractivity contribution < 1.29 is 9.50 Å². The molecule has 3 nitrogen and oxygen atoms in total. The monoisotopic (exact) mass is 290 g/mol. The molecule has 102 valence electrons. The second-order valence-electron chi connectivity index (χ2n) is 4.60. The van der Waals surface area contributed by atoms with E-state index in [1.54, 1.807) is 41.8 Å². The van der Waals surface area contributed by atoms with Gasteiger partial charge < -0.3 is 5.11 Å². The number of benzene rings is 1. The van der Waals surface area contributed by atoms with E-state index in [9.17, 15) is 9.50 Å². The molecule has 0 aliphatic carbocycles. The van der Waals surface area contributed by atoms with Gasteiger partial charge in [0, 0.05) is 11.8 Å². The number of pyridine rings is 1. The first-order chi connectivity index (χ1) is 9.56. The van der Waals surface area contributed by atoms with Gasteiger partial charge in [-0.2, -0.15) is 0 Å². The lowest BCUT2D eigenvalue weighted by molar-refractivity contribution is 0.194. The van der Waals surface area contributed by atoms with Gasteiger partial charge in [-0.25, -0.2) is 9.37 Å². The Morgan fingerprint density at radius 2 is 1.90 bits per heavy atom. The smallest absolute Gasteiger partial charge is 0.137 e. The zero-order chi connectivity index (χ0) is 14.3. The van der Waals surface area contributed by atoms with E-state index < -0.39 is 6.10 Å². The molecular formula is C15H12ClFN2O. The molecular weight excluding hydrogens is 279 g/mol. The van der Waals surface area contributed by atoms with Crippen LogP contribution in [0.1, 0.15) is 18.7 Å². The topological polar surface area (TPSA) is 37.5 Å². The van der Waals surface area contributed by atoms with Crippen molar-refractivity contribution in [2.45, 2.75) is 13.0 Å². The minimum absolute atomic E-state index is 0.306. The molecule has 1 unspecified atom stereocenters. The summed E-state index contributed by atoms with van der Waals surface area (Å²) in [6, 6.07) is 9.55. The van der Waals surface area contributed by atoms with Gasteiger partial charge >= 0.3 is 0 Å².